The van der Waals surface area contributed by atoms with Crippen LogP contribution in [0.25, 0.3) is 0 Å². The fourth-order valence-corrected chi connectivity index (χ4v) is 2.95. The number of hydrogen-bond acceptors (Lipinski definition) is 4. The quantitative estimate of drug-likeness (QED) is 0.790. The van der Waals surface area contributed by atoms with Crippen LogP contribution in [-0.2, 0) is 19.1 Å². The zero-order chi connectivity index (χ0) is 16.2. The van der Waals surface area contributed by atoms with Crippen molar-refractivity contribution in [1.82, 2.24) is 5.32 Å². The molecule has 1 rings (SSSR count). The van der Waals surface area contributed by atoms with E-state index in [1.807, 2.05) is 0 Å². The second-order valence-corrected chi connectivity index (χ2v) is 6.59. The van der Waals surface area contributed by atoms with E-state index in [-0.39, 0.29) is 48.6 Å². The van der Waals surface area contributed by atoms with Gasteiger partial charge >= 0.3 is 5.97 Å². The van der Waals surface area contributed by atoms with Crippen LogP contribution < -0.4 is 5.32 Å². The van der Waals surface area contributed by atoms with Crippen molar-refractivity contribution in [3.8, 4) is 0 Å². The third-order valence-electron chi connectivity index (χ3n) is 4.26. The second-order valence-electron chi connectivity index (χ2n) is 6.59. The van der Waals surface area contributed by atoms with Crippen LogP contribution in [0.4, 0.5) is 0 Å². The Bertz CT molecular complexity index is 367. The van der Waals surface area contributed by atoms with Crippen LogP contribution in [0.15, 0.2) is 0 Å². The number of carbonyl (C=O) groups excluding carboxylic acids is 2. The Morgan fingerprint density at radius 2 is 1.76 bits per heavy atom. The van der Waals surface area contributed by atoms with Crippen molar-refractivity contribution in [3.63, 3.8) is 0 Å². The summed E-state index contributed by atoms with van der Waals surface area (Å²) in [4.78, 5) is 22.5. The first-order valence-electron chi connectivity index (χ1n) is 7.78. The summed E-state index contributed by atoms with van der Waals surface area (Å²) < 4.78 is 11.3. The van der Waals surface area contributed by atoms with Crippen molar-refractivity contribution in [2.24, 2.45) is 17.8 Å². The predicted octanol–water partition coefficient (Wildman–Crippen LogP) is 2.14. The number of esters is 1. The average molecular weight is 299 g/mol. The fourth-order valence-electron chi connectivity index (χ4n) is 2.95. The van der Waals surface area contributed by atoms with Gasteiger partial charge in [0, 0.05) is 13.8 Å². The highest BCUT2D eigenvalue weighted by atomic mass is 16.6. The number of carbonyl (C=O) groups is 2. The van der Waals surface area contributed by atoms with Crippen molar-refractivity contribution < 1.29 is 19.1 Å². The number of hydrogen-bond donors (Lipinski definition) is 1. The topological polar surface area (TPSA) is 64.6 Å². The van der Waals surface area contributed by atoms with E-state index in [0.29, 0.717) is 5.92 Å². The molecule has 1 saturated heterocycles. The van der Waals surface area contributed by atoms with Gasteiger partial charge in [-0.2, -0.15) is 0 Å². The first-order valence-corrected chi connectivity index (χ1v) is 7.78. The highest BCUT2D eigenvalue weighted by molar-refractivity contribution is 5.73. The minimum Gasteiger partial charge on any atom is -0.463 e. The normalized spacial score (nSPS) is 32.8. The van der Waals surface area contributed by atoms with Gasteiger partial charge in [0.05, 0.1) is 18.2 Å². The van der Waals surface area contributed by atoms with Gasteiger partial charge in [-0.15, -0.1) is 0 Å². The van der Waals surface area contributed by atoms with Crippen molar-refractivity contribution in [3.05, 3.63) is 0 Å². The molecule has 0 aliphatic carbocycles. The molecule has 0 aromatic heterocycles. The van der Waals surface area contributed by atoms with E-state index in [4.69, 9.17) is 9.47 Å². The van der Waals surface area contributed by atoms with Gasteiger partial charge in [-0.05, 0) is 24.2 Å². The summed E-state index contributed by atoms with van der Waals surface area (Å²) in [5, 5.41) is 3.03. The SMILES string of the molecule is CC(=O)NC1[C@H](CC(C)C)OC(COC(C)=O)[C@@H](C)[C@@H]1C. The first kappa shape index (κ1) is 18.0. The third-order valence-corrected chi connectivity index (χ3v) is 4.26. The number of amides is 1. The molecule has 0 aromatic rings. The Morgan fingerprint density at radius 3 is 2.24 bits per heavy atom. The minimum absolute atomic E-state index is 0.00785. The number of ether oxygens (including phenoxy) is 2. The molecule has 1 amide bonds. The maximum Gasteiger partial charge on any atom is 0.302 e. The summed E-state index contributed by atoms with van der Waals surface area (Å²) in [5.41, 5.74) is 0. The molecule has 5 atom stereocenters. The van der Waals surface area contributed by atoms with E-state index < -0.39 is 0 Å². The zero-order valence-corrected chi connectivity index (χ0v) is 14.0. The lowest BCUT2D eigenvalue weighted by Crippen LogP contribution is -2.57. The molecule has 122 valence electrons. The smallest absolute Gasteiger partial charge is 0.302 e. The summed E-state index contributed by atoms with van der Waals surface area (Å²) in [7, 11) is 0. The molecule has 2 unspecified atom stereocenters. The standard InChI is InChI=1S/C16H29NO4/c1-9(2)7-14-16(17-12(5)18)11(4)10(3)15(21-14)8-20-13(6)19/h9-11,14-16H,7-8H2,1-6H3,(H,17,18)/t10-,11-,14-,15?,16?/m0/s1. The Morgan fingerprint density at radius 1 is 1.14 bits per heavy atom. The van der Waals surface area contributed by atoms with Gasteiger partial charge < -0.3 is 14.8 Å². The molecule has 0 saturated carbocycles. The van der Waals surface area contributed by atoms with Crippen LogP contribution in [0.1, 0.15) is 48.0 Å². The molecule has 1 heterocycles. The lowest BCUT2D eigenvalue weighted by molar-refractivity contribution is -0.166. The highest BCUT2D eigenvalue weighted by Gasteiger charge is 2.42. The van der Waals surface area contributed by atoms with E-state index >= 15 is 0 Å². The van der Waals surface area contributed by atoms with Gasteiger partial charge in [0.1, 0.15) is 6.61 Å². The van der Waals surface area contributed by atoms with Crippen molar-refractivity contribution in [2.45, 2.75) is 66.2 Å². The summed E-state index contributed by atoms with van der Waals surface area (Å²) >= 11 is 0. The van der Waals surface area contributed by atoms with Gasteiger partial charge in [-0.1, -0.05) is 27.7 Å². The lowest BCUT2D eigenvalue weighted by Gasteiger charge is -2.45. The van der Waals surface area contributed by atoms with Gasteiger partial charge in [-0.3, -0.25) is 9.59 Å². The van der Waals surface area contributed by atoms with Crippen molar-refractivity contribution in [1.29, 1.82) is 0 Å². The zero-order valence-electron chi connectivity index (χ0n) is 14.0. The molecule has 21 heavy (non-hydrogen) atoms. The number of rotatable bonds is 5. The maximum absolute atomic E-state index is 11.5. The van der Waals surface area contributed by atoms with Gasteiger partial charge in [0.15, 0.2) is 0 Å². The molecular formula is C16H29NO4. The molecule has 0 spiro atoms. The maximum atomic E-state index is 11.5. The largest absolute Gasteiger partial charge is 0.463 e. The third kappa shape index (κ3) is 5.30. The first-order chi connectivity index (χ1) is 9.72. The summed E-state index contributed by atoms with van der Waals surface area (Å²) in [5.74, 6) is 0.635. The highest BCUT2D eigenvalue weighted by Crippen LogP contribution is 2.33. The summed E-state index contributed by atoms with van der Waals surface area (Å²) in [6.45, 7) is 11.7. The molecule has 1 fully saturated rings. The molecule has 5 nitrogen and oxygen atoms in total. The molecular weight excluding hydrogens is 270 g/mol. The lowest BCUT2D eigenvalue weighted by atomic mass is 9.78. The van der Waals surface area contributed by atoms with Crippen molar-refractivity contribution >= 4 is 11.9 Å². The van der Waals surface area contributed by atoms with E-state index in [2.05, 4.69) is 33.0 Å². The molecule has 1 aliphatic rings. The fraction of sp³-hybridized carbons (Fsp3) is 0.875. The summed E-state index contributed by atoms with van der Waals surface area (Å²) in [6, 6.07) is 0.00785. The number of nitrogens with one attached hydrogen (secondary N) is 1. The monoisotopic (exact) mass is 299 g/mol. The Balaban J connectivity index is 2.82. The van der Waals surface area contributed by atoms with Gasteiger partial charge in [-0.25, -0.2) is 0 Å². The Kier molecular flexibility index (Phi) is 6.65. The van der Waals surface area contributed by atoms with Crippen LogP contribution in [0.5, 0.6) is 0 Å². The minimum atomic E-state index is -0.289. The molecule has 0 aromatic carbocycles. The van der Waals surface area contributed by atoms with Crippen LogP contribution in [0, 0.1) is 17.8 Å². The van der Waals surface area contributed by atoms with Gasteiger partial charge in [0.2, 0.25) is 5.91 Å². The molecule has 0 bridgehead atoms. The van der Waals surface area contributed by atoms with Crippen LogP contribution >= 0.6 is 0 Å². The van der Waals surface area contributed by atoms with E-state index in [0.717, 1.165) is 6.42 Å². The van der Waals surface area contributed by atoms with Crippen molar-refractivity contribution in [2.75, 3.05) is 6.61 Å². The van der Waals surface area contributed by atoms with E-state index in [1.165, 1.54) is 13.8 Å². The summed E-state index contributed by atoms with van der Waals surface area (Å²) in [6.07, 6.45) is 0.719. The molecule has 0 radical (unpaired) electrons. The van der Waals surface area contributed by atoms with Gasteiger partial charge in [0.25, 0.3) is 0 Å². The Labute approximate surface area is 127 Å². The average Bonchev–Trinajstić information content (AvgIpc) is 2.35. The molecule has 5 heteroatoms. The van der Waals surface area contributed by atoms with Crippen LogP contribution in [0.3, 0.4) is 0 Å². The van der Waals surface area contributed by atoms with Crippen LogP contribution in [0.2, 0.25) is 0 Å². The van der Waals surface area contributed by atoms with E-state index in [1.54, 1.807) is 0 Å². The van der Waals surface area contributed by atoms with E-state index in [9.17, 15) is 9.59 Å². The predicted molar refractivity (Wildman–Crippen MR) is 80.7 cm³/mol. The second kappa shape index (κ2) is 7.78. The molecule has 1 N–H and O–H groups in total. The molecule has 1 aliphatic heterocycles. The Hall–Kier alpha value is -1.10. The van der Waals surface area contributed by atoms with Crippen LogP contribution in [-0.4, -0.2) is 36.7 Å².